The molecule has 0 saturated heterocycles. The van der Waals surface area contributed by atoms with E-state index in [4.69, 9.17) is 0 Å². The maximum absolute atomic E-state index is 12.5. The normalized spacial score (nSPS) is 13.8. The van der Waals surface area contributed by atoms with E-state index in [0.29, 0.717) is 6.42 Å². The van der Waals surface area contributed by atoms with Crippen molar-refractivity contribution in [1.29, 1.82) is 0 Å². The van der Waals surface area contributed by atoms with Crippen molar-refractivity contribution in [3.63, 3.8) is 0 Å². The number of hydrogen-bond donors (Lipinski definition) is 3. The van der Waals surface area contributed by atoms with E-state index < -0.39 is 28.0 Å². The average Bonchev–Trinajstić information content (AvgIpc) is 3.05. The number of aliphatic hydroxyl groups excluding tert-OH is 1. The minimum atomic E-state index is -4.35. The lowest BCUT2D eigenvalue weighted by atomic mass is 10.1. The first-order valence-electron chi connectivity index (χ1n) is 19.8. The molecule has 0 aromatic rings. The van der Waals surface area contributed by atoms with Gasteiger partial charge in [0, 0.05) is 6.42 Å². The van der Waals surface area contributed by atoms with Crippen molar-refractivity contribution >= 4 is 16.0 Å². The molecule has 0 fully saturated rings. The number of carbonyl (C=O) groups excluding carboxylic acids is 1. The van der Waals surface area contributed by atoms with Gasteiger partial charge in [-0.25, -0.2) is 0 Å². The van der Waals surface area contributed by atoms with Crippen LogP contribution in [-0.4, -0.2) is 41.9 Å². The molecule has 280 valence electrons. The van der Waals surface area contributed by atoms with Crippen molar-refractivity contribution in [2.75, 3.05) is 5.75 Å². The van der Waals surface area contributed by atoms with E-state index >= 15 is 0 Å². The quantitative estimate of drug-likeness (QED) is 0.0348. The smallest absolute Gasteiger partial charge is 0.267 e. The molecule has 0 saturated carbocycles. The Morgan fingerprint density at radius 2 is 0.958 bits per heavy atom. The van der Waals surface area contributed by atoms with Crippen LogP contribution in [0.1, 0.15) is 187 Å². The predicted octanol–water partition coefficient (Wildman–Crippen LogP) is 11.5. The van der Waals surface area contributed by atoms with E-state index in [1.807, 2.05) is 0 Å². The average molecular weight is 694 g/mol. The number of carbonyl (C=O) groups is 1. The SMILES string of the molecule is CCCCCCC/C=C\C/C=C\CCCCCCCCCCCC(=O)NC(CS(=O)(=O)O)C(O)/C=C/CC/C=C/CCCCCCCC. The fourth-order valence-corrected chi connectivity index (χ4v) is 6.46. The summed E-state index contributed by atoms with van der Waals surface area (Å²) in [5.41, 5.74) is 0. The van der Waals surface area contributed by atoms with Crippen LogP contribution in [0.2, 0.25) is 0 Å². The molecule has 0 aliphatic carbocycles. The summed E-state index contributed by atoms with van der Waals surface area (Å²) in [7, 11) is -4.35. The van der Waals surface area contributed by atoms with Crippen LogP contribution in [0.25, 0.3) is 0 Å². The van der Waals surface area contributed by atoms with Crippen LogP contribution in [0, 0.1) is 0 Å². The molecule has 48 heavy (non-hydrogen) atoms. The lowest BCUT2D eigenvalue weighted by molar-refractivity contribution is -0.122. The summed E-state index contributed by atoms with van der Waals surface area (Å²) < 4.78 is 32.4. The summed E-state index contributed by atoms with van der Waals surface area (Å²) in [6.45, 7) is 4.48. The summed E-state index contributed by atoms with van der Waals surface area (Å²) in [5, 5.41) is 13.2. The van der Waals surface area contributed by atoms with Gasteiger partial charge in [0.15, 0.2) is 0 Å². The molecule has 0 aromatic heterocycles. The zero-order chi connectivity index (χ0) is 35.4. The predicted molar refractivity (Wildman–Crippen MR) is 207 cm³/mol. The topological polar surface area (TPSA) is 104 Å². The molecule has 0 heterocycles. The van der Waals surface area contributed by atoms with Crippen LogP contribution >= 0.6 is 0 Å². The third-order valence-corrected chi connectivity index (χ3v) is 9.51. The summed E-state index contributed by atoms with van der Waals surface area (Å²) in [5.74, 6) is -1.01. The number of amides is 1. The highest BCUT2D eigenvalue weighted by Gasteiger charge is 2.24. The van der Waals surface area contributed by atoms with Gasteiger partial charge < -0.3 is 10.4 Å². The molecule has 0 aromatic carbocycles. The second-order valence-corrected chi connectivity index (χ2v) is 15.0. The maximum Gasteiger partial charge on any atom is 0.267 e. The Labute approximate surface area is 297 Å². The lowest BCUT2D eigenvalue weighted by Gasteiger charge is -2.21. The van der Waals surface area contributed by atoms with Crippen LogP contribution in [0.5, 0.6) is 0 Å². The second-order valence-electron chi connectivity index (χ2n) is 13.5. The van der Waals surface area contributed by atoms with Gasteiger partial charge in [-0.05, 0) is 64.2 Å². The highest BCUT2D eigenvalue weighted by Crippen LogP contribution is 2.13. The van der Waals surface area contributed by atoms with Crippen molar-refractivity contribution in [2.45, 2.75) is 199 Å². The number of nitrogens with one attached hydrogen (secondary N) is 1. The first-order chi connectivity index (χ1) is 23.3. The Hall–Kier alpha value is -1.70. The van der Waals surface area contributed by atoms with Crippen LogP contribution < -0.4 is 5.32 Å². The molecule has 0 aliphatic rings. The van der Waals surface area contributed by atoms with Crippen LogP contribution in [0.3, 0.4) is 0 Å². The van der Waals surface area contributed by atoms with Crippen molar-refractivity contribution in [1.82, 2.24) is 5.32 Å². The van der Waals surface area contributed by atoms with Gasteiger partial charge in [0.05, 0.1) is 17.9 Å². The van der Waals surface area contributed by atoms with Gasteiger partial charge in [0.2, 0.25) is 5.91 Å². The van der Waals surface area contributed by atoms with Crippen LogP contribution in [0.15, 0.2) is 48.6 Å². The minimum absolute atomic E-state index is 0.282. The molecule has 1 amide bonds. The van der Waals surface area contributed by atoms with Gasteiger partial charge in [0.25, 0.3) is 10.1 Å². The fourth-order valence-electron chi connectivity index (χ4n) is 5.73. The van der Waals surface area contributed by atoms with E-state index in [1.54, 1.807) is 6.08 Å². The fraction of sp³-hybridized carbons (Fsp3) is 0.780. The highest BCUT2D eigenvalue weighted by molar-refractivity contribution is 7.85. The Kier molecular flexibility index (Phi) is 33.9. The third-order valence-electron chi connectivity index (χ3n) is 8.73. The van der Waals surface area contributed by atoms with E-state index in [-0.39, 0.29) is 12.3 Å². The standard InChI is InChI=1S/C41H75NO5S/c1-3-5-7-9-11-13-15-17-18-19-20-21-22-23-24-25-27-29-31-33-35-37-41(44)42-39(38-48(45,46)47)40(43)36-34-32-30-28-26-16-14-12-10-8-6-4-2/h15,17,19-20,26,28,34,36,39-40,43H,3-14,16,18,21-25,27,29-33,35,37-38H2,1-2H3,(H,42,44)(H,45,46,47)/b17-15-,20-19-,28-26+,36-34+. The summed E-state index contributed by atoms with van der Waals surface area (Å²) >= 11 is 0. The Bertz CT molecular complexity index is 940. The van der Waals surface area contributed by atoms with Gasteiger partial charge in [-0.1, -0.05) is 165 Å². The van der Waals surface area contributed by atoms with Crippen molar-refractivity contribution in [3.8, 4) is 0 Å². The van der Waals surface area contributed by atoms with Gasteiger partial charge in [-0.15, -0.1) is 0 Å². The Morgan fingerprint density at radius 3 is 1.44 bits per heavy atom. The summed E-state index contributed by atoms with van der Waals surface area (Å²) in [4.78, 5) is 12.5. The molecule has 3 N–H and O–H groups in total. The van der Waals surface area contributed by atoms with Gasteiger partial charge in [0.1, 0.15) is 0 Å². The zero-order valence-electron chi connectivity index (χ0n) is 31.1. The molecule has 0 spiro atoms. The molecule has 7 heteroatoms. The Morgan fingerprint density at radius 1 is 0.562 bits per heavy atom. The number of allylic oxidation sites excluding steroid dienone is 7. The van der Waals surface area contributed by atoms with E-state index in [2.05, 4.69) is 55.6 Å². The van der Waals surface area contributed by atoms with Crippen molar-refractivity contribution < 1.29 is 22.9 Å². The lowest BCUT2D eigenvalue weighted by Crippen LogP contribution is -2.46. The first kappa shape index (κ1) is 46.3. The number of aliphatic hydroxyl groups is 1. The van der Waals surface area contributed by atoms with Crippen molar-refractivity contribution in [2.24, 2.45) is 0 Å². The number of unbranched alkanes of at least 4 members (excludes halogenated alkanes) is 21. The summed E-state index contributed by atoms with van der Waals surface area (Å²) in [6.07, 6.45) is 46.7. The molecular weight excluding hydrogens is 619 g/mol. The molecule has 0 radical (unpaired) electrons. The molecule has 0 bridgehead atoms. The molecule has 6 nitrogen and oxygen atoms in total. The van der Waals surface area contributed by atoms with Gasteiger partial charge >= 0.3 is 0 Å². The zero-order valence-corrected chi connectivity index (χ0v) is 31.9. The third kappa shape index (κ3) is 35.6. The summed E-state index contributed by atoms with van der Waals surface area (Å²) in [6, 6.07) is -1.07. The van der Waals surface area contributed by atoms with Gasteiger partial charge in [-0.3, -0.25) is 9.35 Å². The second kappa shape index (κ2) is 35.1. The minimum Gasteiger partial charge on any atom is -0.387 e. The molecule has 0 aliphatic heterocycles. The van der Waals surface area contributed by atoms with E-state index in [1.165, 1.54) is 122 Å². The van der Waals surface area contributed by atoms with Crippen LogP contribution in [-0.2, 0) is 14.9 Å². The monoisotopic (exact) mass is 694 g/mol. The van der Waals surface area contributed by atoms with Crippen LogP contribution in [0.4, 0.5) is 0 Å². The van der Waals surface area contributed by atoms with Crippen molar-refractivity contribution in [3.05, 3.63) is 48.6 Å². The number of hydrogen-bond acceptors (Lipinski definition) is 4. The van der Waals surface area contributed by atoms with E-state index in [9.17, 15) is 22.9 Å². The maximum atomic E-state index is 12.5. The largest absolute Gasteiger partial charge is 0.387 e. The van der Waals surface area contributed by atoms with E-state index in [0.717, 1.165) is 44.9 Å². The molecule has 2 atom stereocenters. The molecule has 2 unspecified atom stereocenters. The first-order valence-corrected chi connectivity index (χ1v) is 21.4. The molecule has 0 rings (SSSR count). The molecular formula is C41H75NO5S. The number of rotatable bonds is 35. The van der Waals surface area contributed by atoms with Gasteiger partial charge in [-0.2, -0.15) is 8.42 Å². The Balaban J connectivity index is 3.94. The highest BCUT2D eigenvalue weighted by atomic mass is 32.2.